The maximum atomic E-state index is 5.83. The Labute approximate surface area is 125 Å². The molecule has 21 heavy (non-hydrogen) atoms. The van der Waals surface area contributed by atoms with E-state index in [-0.39, 0.29) is 6.04 Å². The molecule has 112 valence electrons. The summed E-state index contributed by atoms with van der Waals surface area (Å²) < 4.78 is 5.83. The van der Waals surface area contributed by atoms with Gasteiger partial charge in [-0.25, -0.2) is 0 Å². The van der Waals surface area contributed by atoms with Crippen LogP contribution >= 0.6 is 0 Å². The fourth-order valence-corrected chi connectivity index (χ4v) is 2.78. The van der Waals surface area contributed by atoms with E-state index in [4.69, 9.17) is 4.42 Å². The van der Waals surface area contributed by atoms with Gasteiger partial charge in [0.15, 0.2) is 0 Å². The predicted octanol–water partition coefficient (Wildman–Crippen LogP) is 2.35. The molecule has 0 aliphatic carbocycles. The van der Waals surface area contributed by atoms with Crippen LogP contribution in [0.15, 0.2) is 28.7 Å². The molecule has 0 spiro atoms. The quantitative estimate of drug-likeness (QED) is 0.935. The largest absolute Gasteiger partial charge is 0.406 e. The number of hydrogen-bond donors (Lipinski definition) is 1. The van der Waals surface area contributed by atoms with E-state index < -0.39 is 0 Å². The van der Waals surface area contributed by atoms with Crippen LogP contribution < -0.4 is 10.2 Å². The van der Waals surface area contributed by atoms with Crippen LogP contribution in [0.3, 0.4) is 0 Å². The van der Waals surface area contributed by atoms with Crippen molar-refractivity contribution in [1.29, 1.82) is 0 Å². The van der Waals surface area contributed by atoms with Crippen LogP contribution in [0, 0.1) is 0 Å². The molecule has 1 aliphatic heterocycles. The van der Waals surface area contributed by atoms with Gasteiger partial charge in [-0.2, -0.15) is 0 Å². The second-order valence-corrected chi connectivity index (χ2v) is 5.46. The minimum absolute atomic E-state index is 0.0976. The van der Waals surface area contributed by atoms with Crippen LogP contribution in [0.1, 0.15) is 36.9 Å². The molecule has 1 aromatic carbocycles. The topological polar surface area (TPSA) is 54.2 Å². The molecule has 0 saturated heterocycles. The molecule has 3 rings (SSSR count). The van der Waals surface area contributed by atoms with Gasteiger partial charge in [-0.15, -0.1) is 5.10 Å². The molecule has 1 atom stereocenters. The van der Waals surface area contributed by atoms with Crippen molar-refractivity contribution < 1.29 is 4.42 Å². The van der Waals surface area contributed by atoms with Crippen molar-refractivity contribution in [2.45, 2.75) is 32.7 Å². The number of nitrogens with zero attached hydrogens (tertiary/aromatic N) is 3. The SMILES string of the molecule is CCNC(C)c1nnc(N2CCc3ccccc3CC2)o1. The molecule has 0 saturated carbocycles. The lowest BCUT2D eigenvalue weighted by Crippen LogP contribution is -2.26. The molecular weight excluding hydrogens is 264 g/mol. The highest BCUT2D eigenvalue weighted by atomic mass is 16.4. The summed E-state index contributed by atoms with van der Waals surface area (Å²) in [5.41, 5.74) is 2.86. The maximum absolute atomic E-state index is 5.83. The molecule has 0 fully saturated rings. The molecule has 1 N–H and O–H groups in total. The van der Waals surface area contributed by atoms with Crippen LogP contribution in [0.25, 0.3) is 0 Å². The standard InChI is InChI=1S/C16H22N4O/c1-3-17-12(2)15-18-19-16(21-15)20-10-8-13-6-4-5-7-14(13)9-11-20/h4-7,12,17H,3,8-11H2,1-2H3. The van der Waals surface area contributed by atoms with Crippen LogP contribution in [0.5, 0.6) is 0 Å². The molecule has 5 heteroatoms. The zero-order valence-corrected chi connectivity index (χ0v) is 12.7. The van der Waals surface area contributed by atoms with E-state index in [1.165, 1.54) is 11.1 Å². The number of aromatic nitrogens is 2. The normalized spacial score (nSPS) is 16.4. The summed E-state index contributed by atoms with van der Waals surface area (Å²) in [5.74, 6) is 0.661. The van der Waals surface area contributed by atoms with Crippen LogP contribution in [-0.4, -0.2) is 29.8 Å². The first-order valence-corrected chi connectivity index (χ1v) is 7.66. The summed E-state index contributed by atoms with van der Waals surface area (Å²) in [6, 6.07) is 9.38. The van der Waals surface area contributed by atoms with E-state index in [9.17, 15) is 0 Å². The lowest BCUT2D eigenvalue weighted by molar-refractivity contribution is 0.419. The molecule has 0 amide bonds. The molecular formula is C16H22N4O. The number of benzene rings is 1. The summed E-state index contributed by atoms with van der Waals surface area (Å²) in [7, 11) is 0. The van der Waals surface area contributed by atoms with Gasteiger partial charge in [-0.1, -0.05) is 36.3 Å². The van der Waals surface area contributed by atoms with Gasteiger partial charge < -0.3 is 14.6 Å². The van der Waals surface area contributed by atoms with E-state index in [0.29, 0.717) is 11.9 Å². The van der Waals surface area contributed by atoms with E-state index in [0.717, 1.165) is 32.5 Å². The average Bonchev–Trinajstić information content (AvgIpc) is 2.89. The minimum atomic E-state index is 0.0976. The predicted molar refractivity (Wildman–Crippen MR) is 82.5 cm³/mol. The molecule has 2 aromatic rings. The minimum Gasteiger partial charge on any atom is -0.406 e. The summed E-state index contributed by atoms with van der Waals surface area (Å²) in [4.78, 5) is 2.19. The smallest absolute Gasteiger partial charge is 0.318 e. The Kier molecular flexibility index (Phi) is 4.20. The first-order chi connectivity index (χ1) is 10.3. The van der Waals surface area contributed by atoms with Gasteiger partial charge in [0.25, 0.3) is 0 Å². The maximum Gasteiger partial charge on any atom is 0.318 e. The van der Waals surface area contributed by atoms with Crippen molar-refractivity contribution in [2.24, 2.45) is 0 Å². The Morgan fingerprint density at radius 2 is 1.86 bits per heavy atom. The Morgan fingerprint density at radius 3 is 2.48 bits per heavy atom. The number of anilines is 1. The third-order valence-electron chi connectivity index (χ3n) is 4.00. The van der Waals surface area contributed by atoms with Crippen molar-refractivity contribution in [1.82, 2.24) is 15.5 Å². The molecule has 1 aliphatic rings. The van der Waals surface area contributed by atoms with Crippen molar-refractivity contribution in [3.63, 3.8) is 0 Å². The summed E-state index contributed by atoms with van der Waals surface area (Å²) in [5, 5.41) is 11.7. The van der Waals surface area contributed by atoms with Crippen molar-refractivity contribution >= 4 is 6.01 Å². The molecule has 0 bridgehead atoms. The zero-order chi connectivity index (χ0) is 14.7. The number of hydrogen-bond acceptors (Lipinski definition) is 5. The fraction of sp³-hybridized carbons (Fsp3) is 0.500. The Balaban J connectivity index is 1.71. The van der Waals surface area contributed by atoms with Gasteiger partial charge in [0.2, 0.25) is 5.89 Å². The van der Waals surface area contributed by atoms with Crippen molar-refractivity contribution in [2.75, 3.05) is 24.5 Å². The van der Waals surface area contributed by atoms with E-state index >= 15 is 0 Å². The van der Waals surface area contributed by atoms with Gasteiger partial charge in [-0.3, -0.25) is 0 Å². The van der Waals surface area contributed by atoms with Crippen LogP contribution in [-0.2, 0) is 12.8 Å². The Bertz CT molecular complexity index is 568. The first kappa shape index (κ1) is 14.1. The molecule has 1 unspecified atom stereocenters. The Morgan fingerprint density at radius 1 is 1.19 bits per heavy atom. The van der Waals surface area contributed by atoms with Crippen molar-refractivity contribution in [3.8, 4) is 0 Å². The highest BCUT2D eigenvalue weighted by Crippen LogP contribution is 2.21. The average molecular weight is 286 g/mol. The summed E-state index contributed by atoms with van der Waals surface area (Å²) >= 11 is 0. The van der Waals surface area contributed by atoms with Crippen LogP contribution in [0.4, 0.5) is 6.01 Å². The summed E-state index contributed by atoms with van der Waals surface area (Å²) in [6.07, 6.45) is 2.05. The molecule has 0 radical (unpaired) electrons. The lowest BCUT2D eigenvalue weighted by atomic mass is 10.0. The first-order valence-electron chi connectivity index (χ1n) is 7.66. The second kappa shape index (κ2) is 6.26. The fourth-order valence-electron chi connectivity index (χ4n) is 2.78. The molecule has 1 aromatic heterocycles. The Hall–Kier alpha value is -1.88. The van der Waals surface area contributed by atoms with Gasteiger partial charge in [0.1, 0.15) is 0 Å². The van der Waals surface area contributed by atoms with Crippen molar-refractivity contribution in [3.05, 3.63) is 41.3 Å². The van der Waals surface area contributed by atoms with Gasteiger partial charge in [0.05, 0.1) is 6.04 Å². The third-order valence-corrected chi connectivity index (χ3v) is 4.00. The monoisotopic (exact) mass is 286 g/mol. The van der Waals surface area contributed by atoms with Gasteiger partial charge >= 0.3 is 6.01 Å². The van der Waals surface area contributed by atoms with E-state index in [1.54, 1.807) is 0 Å². The lowest BCUT2D eigenvalue weighted by Gasteiger charge is -2.16. The number of fused-ring (bicyclic) bond motifs is 1. The molecule has 2 heterocycles. The highest BCUT2D eigenvalue weighted by Gasteiger charge is 2.20. The summed E-state index contributed by atoms with van der Waals surface area (Å²) in [6.45, 7) is 6.85. The number of nitrogens with one attached hydrogen (secondary N) is 1. The van der Waals surface area contributed by atoms with Gasteiger partial charge in [0, 0.05) is 13.1 Å². The zero-order valence-electron chi connectivity index (χ0n) is 12.7. The number of rotatable bonds is 4. The van der Waals surface area contributed by atoms with E-state index in [1.807, 2.05) is 6.92 Å². The second-order valence-electron chi connectivity index (χ2n) is 5.46. The third kappa shape index (κ3) is 3.08. The highest BCUT2D eigenvalue weighted by molar-refractivity contribution is 5.34. The van der Waals surface area contributed by atoms with E-state index in [2.05, 4.69) is 51.6 Å². The van der Waals surface area contributed by atoms with Gasteiger partial charge in [-0.05, 0) is 37.4 Å². The van der Waals surface area contributed by atoms with Crippen LogP contribution in [0.2, 0.25) is 0 Å². The molecule has 5 nitrogen and oxygen atoms in total.